The number of piperidine rings is 1. The van der Waals surface area contributed by atoms with Gasteiger partial charge in [-0.15, -0.1) is 0 Å². The fourth-order valence-electron chi connectivity index (χ4n) is 3.61. The lowest BCUT2D eigenvalue weighted by atomic mass is 9.78. The molecule has 5 heteroatoms. The summed E-state index contributed by atoms with van der Waals surface area (Å²) in [5.41, 5.74) is 1.29. The van der Waals surface area contributed by atoms with Gasteiger partial charge in [0.2, 0.25) is 0 Å². The standard InChI is InChI=1S/C16H22F2N2O/c17-15(18)21-14-4-2-1-3-13(14)11-20-10-7-16(12-20)5-8-19-9-6-16/h1-4,15,19H,5-12H2. The van der Waals surface area contributed by atoms with Crippen molar-refractivity contribution in [2.24, 2.45) is 5.41 Å². The summed E-state index contributed by atoms with van der Waals surface area (Å²) in [6, 6.07) is 7.12. The molecule has 3 nitrogen and oxygen atoms in total. The molecule has 0 unspecified atom stereocenters. The summed E-state index contributed by atoms with van der Waals surface area (Å²) in [4.78, 5) is 2.37. The van der Waals surface area contributed by atoms with Crippen LogP contribution in [0.15, 0.2) is 24.3 Å². The first-order chi connectivity index (χ1) is 10.2. The molecule has 2 aliphatic heterocycles. The van der Waals surface area contributed by atoms with E-state index in [1.54, 1.807) is 12.1 Å². The number of nitrogens with zero attached hydrogens (tertiary/aromatic N) is 1. The van der Waals surface area contributed by atoms with Gasteiger partial charge in [-0.1, -0.05) is 18.2 Å². The fraction of sp³-hybridized carbons (Fsp3) is 0.625. The monoisotopic (exact) mass is 296 g/mol. The van der Waals surface area contributed by atoms with Crippen LogP contribution >= 0.6 is 0 Å². The lowest BCUT2D eigenvalue weighted by molar-refractivity contribution is -0.0507. The van der Waals surface area contributed by atoms with E-state index >= 15 is 0 Å². The fourth-order valence-corrected chi connectivity index (χ4v) is 3.61. The Morgan fingerprint density at radius 2 is 1.95 bits per heavy atom. The Labute approximate surface area is 124 Å². The molecule has 2 saturated heterocycles. The van der Waals surface area contributed by atoms with Crippen molar-refractivity contribution < 1.29 is 13.5 Å². The normalized spacial score (nSPS) is 22.0. The molecule has 21 heavy (non-hydrogen) atoms. The van der Waals surface area contributed by atoms with Gasteiger partial charge >= 0.3 is 6.61 Å². The zero-order chi connectivity index (χ0) is 14.7. The Hall–Kier alpha value is -1.20. The summed E-state index contributed by atoms with van der Waals surface area (Å²) in [6.45, 7) is 2.23. The molecule has 0 atom stereocenters. The summed E-state index contributed by atoms with van der Waals surface area (Å²) in [5.74, 6) is 0.304. The second-order valence-corrected chi connectivity index (χ2v) is 6.20. The Balaban J connectivity index is 1.65. The van der Waals surface area contributed by atoms with E-state index in [1.165, 1.54) is 19.3 Å². The van der Waals surface area contributed by atoms with Crippen LogP contribution in [0.4, 0.5) is 8.78 Å². The first kappa shape index (κ1) is 14.7. The first-order valence-electron chi connectivity index (χ1n) is 7.63. The molecule has 0 aliphatic carbocycles. The molecular weight excluding hydrogens is 274 g/mol. The minimum atomic E-state index is -2.76. The minimum absolute atomic E-state index is 0.304. The van der Waals surface area contributed by atoms with Crippen molar-refractivity contribution in [1.29, 1.82) is 0 Å². The summed E-state index contributed by atoms with van der Waals surface area (Å²) < 4.78 is 29.5. The summed E-state index contributed by atoms with van der Waals surface area (Å²) in [7, 11) is 0. The van der Waals surface area contributed by atoms with Crippen molar-refractivity contribution in [3.05, 3.63) is 29.8 Å². The molecule has 0 bridgehead atoms. The van der Waals surface area contributed by atoms with Crippen molar-refractivity contribution in [3.8, 4) is 5.75 Å². The molecule has 0 saturated carbocycles. The third-order valence-corrected chi connectivity index (χ3v) is 4.76. The largest absolute Gasteiger partial charge is 0.434 e. The number of likely N-dealkylation sites (tertiary alicyclic amines) is 1. The van der Waals surface area contributed by atoms with E-state index in [9.17, 15) is 8.78 Å². The molecule has 2 heterocycles. The Bertz CT molecular complexity index is 475. The first-order valence-corrected chi connectivity index (χ1v) is 7.63. The van der Waals surface area contributed by atoms with E-state index in [0.717, 1.165) is 31.7 Å². The number of rotatable bonds is 4. The summed E-state index contributed by atoms with van der Waals surface area (Å²) in [6.07, 6.45) is 3.66. The predicted molar refractivity (Wildman–Crippen MR) is 77.5 cm³/mol. The van der Waals surface area contributed by atoms with Crippen LogP contribution in [0.5, 0.6) is 5.75 Å². The van der Waals surface area contributed by atoms with Crippen molar-refractivity contribution >= 4 is 0 Å². The van der Waals surface area contributed by atoms with Gasteiger partial charge in [-0.25, -0.2) is 0 Å². The number of para-hydroxylation sites is 1. The number of ether oxygens (including phenoxy) is 1. The van der Waals surface area contributed by atoms with E-state index in [2.05, 4.69) is 15.0 Å². The Kier molecular flexibility index (Phi) is 4.40. The van der Waals surface area contributed by atoms with Crippen molar-refractivity contribution in [2.75, 3.05) is 26.2 Å². The lowest BCUT2D eigenvalue weighted by Crippen LogP contribution is -2.38. The molecule has 2 fully saturated rings. The molecule has 116 valence electrons. The molecule has 0 radical (unpaired) electrons. The SMILES string of the molecule is FC(F)Oc1ccccc1CN1CCC2(CCNCC2)C1. The Morgan fingerprint density at radius 3 is 2.71 bits per heavy atom. The molecule has 0 amide bonds. The van der Waals surface area contributed by atoms with Crippen LogP contribution in [0, 0.1) is 5.41 Å². The second kappa shape index (κ2) is 6.28. The molecule has 2 aliphatic rings. The maximum atomic E-state index is 12.5. The van der Waals surface area contributed by atoms with Crippen LogP contribution in [-0.2, 0) is 6.54 Å². The van der Waals surface area contributed by atoms with Crippen LogP contribution in [0.1, 0.15) is 24.8 Å². The maximum absolute atomic E-state index is 12.5. The number of hydrogen-bond donors (Lipinski definition) is 1. The maximum Gasteiger partial charge on any atom is 0.387 e. The summed E-state index contributed by atoms with van der Waals surface area (Å²) in [5, 5.41) is 3.41. The number of hydrogen-bond acceptors (Lipinski definition) is 3. The van der Waals surface area contributed by atoms with E-state index in [-0.39, 0.29) is 0 Å². The van der Waals surface area contributed by atoms with Gasteiger partial charge in [0.15, 0.2) is 0 Å². The van der Waals surface area contributed by atoms with Crippen LogP contribution in [0.25, 0.3) is 0 Å². The van der Waals surface area contributed by atoms with Gasteiger partial charge in [-0.05, 0) is 50.4 Å². The highest BCUT2D eigenvalue weighted by molar-refractivity contribution is 5.33. The molecule has 1 spiro atoms. The zero-order valence-corrected chi connectivity index (χ0v) is 12.2. The predicted octanol–water partition coefficient (Wildman–Crippen LogP) is 2.86. The topological polar surface area (TPSA) is 24.5 Å². The number of nitrogens with one attached hydrogen (secondary N) is 1. The molecular formula is C16H22F2N2O. The molecule has 0 aromatic heterocycles. The number of benzene rings is 1. The van der Waals surface area contributed by atoms with Crippen molar-refractivity contribution in [3.63, 3.8) is 0 Å². The Morgan fingerprint density at radius 1 is 1.19 bits per heavy atom. The van der Waals surface area contributed by atoms with E-state index in [0.29, 0.717) is 17.7 Å². The summed E-state index contributed by atoms with van der Waals surface area (Å²) >= 11 is 0. The molecule has 1 N–H and O–H groups in total. The molecule has 1 aromatic carbocycles. The average molecular weight is 296 g/mol. The van der Waals surface area contributed by atoms with Gasteiger partial charge in [0, 0.05) is 18.7 Å². The third kappa shape index (κ3) is 3.52. The van der Waals surface area contributed by atoms with E-state index in [4.69, 9.17) is 0 Å². The van der Waals surface area contributed by atoms with Gasteiger partial charge in [0.05, 0.1) is 0 Å². The molecule has 3 rings (SSSR count). The van der Waals surface area contributed by atoms with Gasteiger partial charge in [-0.2, -0.15) is 8.78 Å². The third-order valence-electron chi connectivity index (χ3n) is 4.76. The highest BCUT2D eigenvalue weighted by Crippen LogP contribution is 2.39. The van der Waals surface area contributed by atoms with E-state index < -0.39 is 6.61 Å². The number of alkyl halides is 2. The number of halogens is 2. The highest BCUT2D eigenvalue weighted by atomic mass is 19.3. The lowest BCUT2D eigenvalue weighted by Gasteiger charge is -2.34. The van der Waals surface area contributed by atoms with Crippen LogP contribution in [0.2, 0.25) is 0 Å². The van der Waals surface area contributed by atoms with Gasteiger partial charge < -0.3 is 10.1 Å². The smallest absolute Gasteiger partial charge is 0.387 e. The van der Waals surface area contributed by atoms with Crippen LogP contribution < -0.4 is 10.1 Å². The van der Waals surface area contributed by atoms with Gasteiger partial charge in [0.1, 0.15) is 5.75 Å². The highest BCUT2D eigenvalue weighted by Gasteiger charge is 2.38. The van der Waals surface area contributed by atoms with Crippen LogP contribution in [-0.4, -0.2) is 37.7 Å². The van der Waals surface area contributed by atoms with Gasteiger partial charge in [-0.3, -0.25) is 4.90 Å². The average Bonchev–Trinajstić information content (AvgIpc) is 2.84. The molecule has 1 aromatic rings. The van der Waals surface area contributed by atoms with Crippen molar-refractivity contribution in [1.82, 2.24) is 10.2 Å². The van der Waals surface area contributed by atoms with Crippen LogP contribution in [0.3, 0.4) is 0 Å². The minimum Gasteiger partial charge on any atom is -0.434 e. The second-order valence-electron chi connectivity index (χ2n) is 6.20. The van der Waals surface area contributed by atoms with E-state index in [1.807, 2.05) is 12.1 Å². The van der Waals surface area contributed by atoms with Gasteiger partial charge in [0.25, 0.3) is 0 Å². The zero-order valence-electron chi connectivity index (χ0n) is 12.2. The van der Waals surface area contributed by atoms with Crippen molar-refractivity contribution in [2.45, 2.75) is 32.4 Å². The quantitative estimate of drug-likeness (QED) is 0.924.